The van der Waals surface area contributed by atoms with E-state index in [1.807, 2.05) is 13.8 Å². The van der Waals surface area contributed by atoms with E-state index in [1.165, 1.54) is 0 Å². The highest BCUT2D eigenvalue weighted by molar-refractivity contribution is 5.92. The van der Waals surface area contributed by atoms with Crippen LogP contribution in [0.1, 0.15) is 86.2 Å². The maximum Gasteiger partial charge on any atom is 0.339 e. The molecule has 5 heteroatoms. The third kappa shape index (κ3) is 4.09. The molecule has 0 saturated carbocycles. The van der Waals surface area contributed by atoms with Gasteiger partial charge < -0.3 is 20.4 Å². The number of aliphatic hydroxyl groups is 1. The lowest BCUT2D eigenvalue weighted by Crippen LogP contribution is -2.20. The minimum atomic E-state index is -1.22. The zero-order valence-corrected chi connectivity index (χ0v) is 15.3. The Morgan fingerprint density at radius 1 is 1.20 bits per heavy atom. The van der Waals surface area contributed by atoms with E-state index in [0.717, 1.165) is 37.7 Å². The number of aromatic hydroxyl groups is 2. The summed E-state index contributed by atoms with van der Waals surface area (Å²) in [6.45, 7) is 6.40. The third-order valence-electron chi connectivity index (χ3n) is 5.73. The van der Waals surface area contributed by atoms with Crippen LogP contribution in [0.15, 0.2) is 6.07 Å². The van der Waals surface area contributed by atoms with Gasteiger partial charge in [-0.05, 0) is 54.6 Å². The van der Waals surface area contributed by atoms with E-state index < -0.39 is 11.7 Å². The monoisotopic (exact) mass is 350 g/mol. The molecule has 4 atom stereocenters. The Hall–Kier alpha value is -1.75. The molecule has 0 bridgehead atoms. The number of benzene rings is 1. The molecule has 5 nitrogen and oxygen atoms in total. The number of aliphatic hydroxyl groups excluding tert-OH is 1. The second kappa shape index (κ2) is 8.09. The summed E-state index contributed by atoms with van der Waals surface area (Å²) >= 11 is 0. The Labute approximate surface area is 149 Å². The number of hydrogen-bond donors (Lipinski definition) is 4. The van der Waals surface area contributed by atoms with Crippen LogP contribution in [-0.4, -0.2) is 33.0 Å². The Morgan fingerprint density at radius 3 is 2.48 bits per heavy atom. The summed E-state index contributed by atoms with van der Waals surface area (Å²) in [6, 6.07) is 1.56. The number of aromatic carboxylic acids is 1. The smallest absolute Gasteiger partial charge is 0.339 e. The number of phenolic OH excluding ortho intramolecular Hbond substituents is 1. The van der Waals surface area contributed by atoms with Gasteiger partial charge in [-0.2, -0.15) is 0 Å². The van der Waals surface area contributed by atoms with Crippen molar-refractivity contribution in [2.75, 3.05) is 6.61 Å². The fourth-order valence-electron chi connectivity index (χ4n) is 4.08. The van der Waals surface area contributed by atoms with Gasteiger partial charge in [0.05, 0.1) is 0 Å². The van der Waals surface area contributed by atoms with Crippen molar-refractivity contribution in [3.63, 3.8) is 0 Å². The summed E-state index contributed by atoms with van der Waals surface area (Å²) in [5.74, 6) is -1.09. The van der Waals surface area contributed by atoms with Crippen molar-refractivity contribution in [3.05, 3.63) is 22.8 Å². The van der Waals surface area contributed by atoms with E-state index in [-0.39, 0.29) is 29.8 Å². The molecular formula is C20H30O5. The van der Waals surface area contributed by atoms with Gasteiger partial charge in [0.1, 0.15) is 5.56 Å². The second-order valence-electron chi connectivity index (χ2n) is 7.71. The Balaban J connectivity index is 2.29. The van der Waals surface area contributed by atoms with Crippen molar-refractivity contribution >= 4 is 5.97 Å². The lowest BCUT2D eigenvalue weighted by molar-refractivity contribution is 0.0692. The predicted molar refractivity (Wildman–Crippen MR) is 96.4 cm³/mol. The fourth-order valence-corrected chi connectivity index (χ4v) is 4.08. The fraction of sp³-hybridized carbons (Fsp3) is 0.650. The van der Waals surface area contributed by atoms with Gasteiger partial charge in [-0.15, -0.1) is 0 Å². The van der Waals surface area contributed by atoms with Crippen molar-refractivity contribution in [2.24, 2.45) is 11.8 Å². The normalized spacial score (nSPS) is 22.2. The molecule has 1 aromatic carbocycles. The van der Waals surface area contributed by atoms with Crippen LogP contribution in [-0.2, 0) is 0 Å². The molecule has 0 aliphatic heterocycles. The van der Waals surface area contributed by atoms with Crippen molar-refractivity contribution in [1.82, 2.24) is 0 Å². The molecule has 140 valence electrons. The number of fused-ring (bicyclic) bond motifs is 1. The first-order valence-corrected chi connectivity index (χ1v) is 9.20. The third-order valence-corrected chi connectivity index (χ3v) is 5.73. The molecule has 2 rings (SSSR count). The molecule has 1 aromatic rings. The maximum atomic E-state index is 11.4. The highest BCUT2D eigenvalue weighted by atomic mass is 16.4. The van der Waals surface area contributed by atoms with E-state index in [4.69, 9.17) is 5.11 Å². The van der Waals surface area contributed by atoms with E-state index in [9.17, 15) is 20.1 Å². The van der Waals surface area contributed by atoms with Crippen LogP contribution in [0, 0.1) is 11.8 Å². The first-order chi connectivity index (χ1) is 11.8. The van der Waals surface area contributed by atoms with Gasteiger partial charge in [-0.1, -0.05) is 33.6 Å². The molecule has 0 amide bonds. The highest BCUT2D eigenvalue weighted by Gasteiger charge is 2.33. The number of carbonyl (C=O) groups is 1. The predicted octanol–water partition coefficient (Wildman–Crippen LogP) is 4.21. The Morgan fingerprint density at radius 2 is 1.88 bits per heavy atom. The minimum Gasteiger partial charge on any atom is -0.504 e. The van der Waals surface area contributed by atoms with Gasteiger partial charge >= 0.3 is 5.97 Å². The molecule has 1 aliphatic rings. The topological polar surface area (TPSA) is 98.0 Å². The summed E-state index contributed by atoms with van der Waals surface area (Å²) < 4.78 is 0. The van der Waals surface area contributed by atoms with Crippen LogP contribution < -0.4 is 0 Å². The molecule has 0 aromatic heterocycles. The van der Waals surface area contributed by atoms with Crippen molar-refractivity contribution in [1.29, 1.82) is 0 Å². The molecule has 0 saturated heterocycles. The lowest BCUT2D eigenvalue weighted by atomic mass is 9.70. The molecule has 0 fully saturated rings. The van der Waals surface area contributed by atoms with Crippen LogP contribution in [0.4, 0.5) is 0 Å². The standard InChI is InChI=1S/C20H30O5/c1-11(10-21)5-4-6-12(2)14-8-7-13(3)17-15(14)9-16(20(24)25)18(22)19(17)23/h9,11-14,21-23H,4-8,10H2,1-3H3,(H,24,25). The van der Waals surface area contributed by atoms with Crippen LogP contribution in [0.3, 0.4) is 0 Å². The molecule has 25 heavy (non-hydrogen) atoms. The average Bonchev–Trinajstić information content (AvgIpc) is 2.57. The molecule has 4 N–H and O–H groups in total. The maximum absolute atomic E-state index is 11.4. The SMILES string of the molecule is CC(CO)CCCC(C)C1CCC(C)c2c1cc(C(=O)O)c(O)c2O. The number of carboxylic acid groups (broad SMARTS) is 1. The van der Waals surface area contributed by atoms with Crippen LogP contribution in [0.25, 0.3) is 0 Å². The lowest BCUT2D eigenvalue weighted by Gasteiger charge is -2.34. The summed E-state index contributed by atoms with van der Waals surface area (Å²) in [7, 11) is 0. The number of carboxylic acids is 1. The van der Waals surface area contributed by atoms with Gasteiger partial charge in [0.15, 0.2) is 11.5 Å². The molecule has 0 heterocycles. The average molecular weight is 350 g/mol. The quantitative estimate of drug-likeness (QED) is 0.552. The van der Waals surface area contributed by atoms with Gasteiger partial charge in [-0.3, -0.25) is 0 Å². The highest BCUT2D eigenvalue weighted by Crippen LogP contribution is 2.50. The van der Waals surface area contributed by atoms with Crippen LogP contribution in [0.2, 0.25) is 0 Å². The first kappa shape index (κ1) is 19.6. The van der Waals surface area contributed by atoms with Crippen molar-refractivity contribution in [2.45, 2.75) is 64.7 Å². The molecular weight excluding hydrogens is 320 g/mol. The van der Waals surface area contributed by atoms with Crippen molar-refractivity contribution < 1.29 is 25.2 Å². The summed E-state index contributed by atoms with van der Waals surface area (Å²) in [4.78, 5) is 11.4. The zero-order chi connectivity index (χ0) is 18.7. The molecule has 0 radical (unpaired) electrons. The molecule has 4 unspecified atom stereocenters. The van der Waals surface area contributed by atoms with Crippen LogP contribution >= 0.6 is 0 Å². The minimum absolute atomic E-state index is 0.0987. The van der Waals surface area contributed by atoms with E-state index >= 15 is 0 Å². The number of rotatable bonds is 7. The van der Waals surface area contributed by atoms with E-state index in [1.54, 1.807) is 6.07 Å². The van der Waals surface area contributed by atoms with Crippen LogP contribution in [0.5, 0.6) is 11.5 Å². The number of hydrogen-bond acceptors (Lipinski definition) is 4. The largest absolute Gasteiger partial charge is 0.504 e. The second-order valence-corrected chi connectivity index (χ2v) is 7.71. The van der Waals surface area contributed by atoms with Gasteiger partial charge in [0.2, 0.25) is 0 Å². The Bertz CT molecular complexity index is 625. The first-order valence-electron chi connectivity index (χ1n) is 9.20. The van der Waals surface area contributed by atoms with Crippen molar-refractivity contribution in [3.8, 4) is 11.5 Å². The Kier molecular flexibility index (Phi) is 6.33. The summed E-state index contributed by atoms with van der Waals surface area (Å²) in [5, 5.41) is 38.9. The van der Waals surface area contributed by atoms with E-state index in [0.29, 0.717) is 17.4 Å². The zero-order valence-electron chi connectivity index (χ0n) is 15.3. The number of phenols is 2. The summed E-state index contributed by atoms with van der Waals surface area (Å²) in [5.41, 5.74) is 1.35. The molecule has 1 aliphatic carbocycles. The van der Waals surface area contributed by atoms with Gasteiger partial charge in [-0.25, -0.2) is 4.79 Å². The van der Waals surface area contributed by atoms with Gasteiger partial charge in [0.25, 0.3) is 0 Å². The molecule has 0 spiro atoms. The van der Waals surface area contributed by atoms with E-state index in [2.05, 4.69) is 6.92 Å². The summed E-state index contributed by atoms with van der Waals surface area (Å²) in [6.07, 6.45) is 4.84. The van der Waals surface area contributed by atoms with Gasteiger partial charge in [0, 0.05) is 12.2 Å².